The number of nitrogens with zero attached hydrogens (tertiary/aromatic N) is 2. The third-order valence-corrected chi connectivity index (χ3v) is 7.29. The van der Waals surface area contributed by atoms with Crippen LogP contribution >= 0.6 is 0 Å². The summed E-state index contributed by atoms with van der Waals surface area (Å²) in [4.78, 5) is 25.8. The number of hydrogen-bond donors (Lipinski definition) is 2. The molecule has 6 nitrogen and oxygen atoms in total. The maximum atomic E-state index is 13.0. The first-order valence-electron chi connectivity index (χ1n) is 10.7. The predicted octanol–water partition coefficient (Wildman–Crippen LogP) is 3.45. The molecule has 1 aromatic heterocycles. The first-order chi connectivity index (χ1) is 13.9. The average molecular weight is 393 g/mol. The number of benzene rings is 1. The molecule has 6 rings (SSSR count). The minimum Gasteiger partial charge on any atom is -0.295 e. The molecule has 152 valence electrons. The lowest BCUT2D eigenvalue weighted by Crippen LogP contribution is -2.52. The molecule has 2 N–H and O–H groups in total. The number of hydrogen-bond acceptors (Lipinski definition) is 3. The van der Waals surface area contributed by atoms with Crippen LogP contribution in [-0.2, 0) is 4.79 Å². The lowest BCUT2D eigenvalue weighted by Gasteiger charge is -2.55. The highest BCUT2D eigenvalue weighted by molar-refractivity contribution is 5.86. The molecule has 4 aliphatic rings. The molecule has 1 aromatic carbocycles. The molecule has 2 aromatic rings. The van der Waals surface area contributed by atoms with Crippen molar-refractivity contribution >= 4 is 12.1 Å². The first kappa shape index (κ1) is 18.4. The standard InChI is InChI=1S/C23H28N4O2/c1-14-3-5-19(6-4-14)27-21(28)20(15(2)26-27)13-24-25-22(29)23-10-16-7-17(11-23)9-18(8-16)12-23/h3-6,13,16-18,26H,7-12H2,1-2H3,(H,25,29). The zero-order chi connectivity index (χ0) is 20.2. The quantitative estimate of drug-likeness (QED) is 0.617. The van der Waals surface area contributed by atoms with Gasteiger partial charge in [0.1, 0.15) is 0 Å². The highest BCUT2D eigenvalue weighted by Crippen LogP contribution is 2.60. The molecule has 0 aliphatic heterocycles. The van der Waals surface area contributed by atoms with Gasteiger partial charge in [-0.25, -0.2) is 10.1 Å². The van der Waals surface area contributed by atoms with Crippen molar-refractivity contribution in [3.63, 3.8) is 0 Å². The highest BCUT2D eigenvalue weighted by atomic mass is 16.2. The van der Waals surface area contributed by atoms with E-state index in [1.807, 2.05) is 38.1 Å². The van der Waals surface area contributed by atoms with Gasteiger partial charge in [-0.05, 0) is 82.3 Å². The Bertz CT molecular complexity index is 993. The summed E-state index contributed by atoms with van der Waals surface area (Å²) in [6.07, 6.45) is 8.40. The van der Waals surface area contributed by atoms with Crippen LogP contribution in [0.1, 0.15) is 55.3 Å². The van der Waals surface area contributed by atoms with E-state index in [1.54, 1.807) is 0 Å². The normalized spacial score (nSPS) is 30.2. The van der Waals surface area contributed by atoms with E-state index >= 15 is 0 Å². The summed E-state index contributed by atoms with van der Waals surface area (Å²) in [5.74, 6) is 2.18. The molecule has 0 saturated heterocycles. The van der Waals surface area contributed by atoms with Gasteiger partial charge in [-0.1, -0.05) is 17.7 Å². The van der Waals surface area contributed by atoms with Gasteiger partial charge >= 0.3 is 0 Å². The Labute approximate surface area is 170 Å². The van der Waals surface area contributed by atoms with Gasteiger partial charge in [0.05, 0.1) is 22.9 Å². The summed E-state index contributed by atoms with van der Waals surface area (Å²) in [6.45, 7) is 3.85. The third kappa shape index (κ3) is 3.15. The molecule has 1 heterocycles. The molecule has 4 bridgehead atoms. The smallest absolute Gasteiger partial charge is 0.280 e. The van der Waals surface area contributed by atoms with Crippen molar-refractivity contribution in [2.75, 3.05) is 0 Å². The van der Waals surface area contributed by atoms with E-state index < -0.39 is 0 Å². The van der Waals surface area contributed by atoms with Crippen molar-refractivity contribution in [3.8, 4) is 5.69 Å². The zero-order valence-corrected chi connectivity index (χ0v) is 17.1. The molecule has 4 aliphatic carbocycles. The van der Waals surface area contributed by atoms with Gasteiger partial charge in [-0.2, -0.15) is 5.10 Å². The molecule has 0 unspecified atom stereocenters. The SMILES string of the molecule is Cc1ccc(-n2[nH]c(C)c(C=NNC(=O)C34CC5CC(CC(C5)C3)C4)c2=O)cc1. The fourth-order valence-corrected chi connectivity index (χ4v) is 6.25. The number of H-pyrrole nitrogens is 1. The van der Waals surface area contributed by atoms with Crippen molar-refractivity contribution in [3.05, 3.63) is 51.4 Å². The minimum atomic E-state index is -0.235. The second kappa shape index (κ2) is 6.71. The maximum Gasteiger partial charge on any atom is 0.280 e. The fraction of sp³-hybridized carbons (Fsp3) is 0.522. The topological polar surface area (TPSA) is 79.2 Å². The Morgan fingerprint density at radius 3 is 2.28 bits per heavy atom. The Morgan fingerprint density at radius 1 is 1.10 bits per heavy atom. The molecule has 1 amide bonds. The molecule has 6 heteroatoms. The average Bonchev–Trinajstić information content (AvgIpc) is 2.95. The molecule has 4 fully saturated rings. The second-order valence-corrected chi connectivity index (χ2v) is 9.52. The summed E-state index contributed by atoms with van der Waals surface area (Å²) in [5, 5.41) is 7.28. The summed E-state index contributed by atoms with van der Waals surface area (Å²) >= 11 is 0. The van der Waals surface area contributed by atoms with Gasteiger partial charge in [0.25, 0.3) is 5.56 Å². The Morgan fingerprint density at radius 2 is 1.69 bits per heavy atom. The predicted molar refractivity (Wildman–Crippen MR) is 112 cm³/mol. The van der Waals surface area contributed by atoms with Gasteiger partial charge in [-0.15, -0.1) is 0 Å². The van der Waals surface area contributed by atoms with Crippen LogP contribution in [0.3, 0.4) is 0 Å². The van der Waals surface area contributed by atoms with Gasteiger partial charge in [0.15, 0.2) is 0 Å². The van der Waals surface area contributed by atoms with Crippen molar-refractivity contribution < 1.29 is 4.79 Å². The number of hydrazone groups is 1. The molecule has 0 atom stereocenters. The number of carbonyl (C=O) groups excluding carboxylic acids is 1. The lowest BCUT2D eigenvalue weighted by molar-refractivity contribution is -0.146. The van der Waals surface area contributed by atoms with Crippen molar-refractivity contribution in [1.82, 2.24) is 15.2 Å². The van der Waals surface area contributed by atoms with Crippen LogP contribution in [-0.4, -0.2) is 21.9 Å². The van der Waals surface area contributed by atoms with Crippen molar-refractivity contribution in [2.24, 2.45) is 28.3 Å². The minimum absolute atomic E-state index is 0.0416. The van der Waals surface area contributed by atoms with Crippen molar-refractivity contribution in [1.29, 1.82) is 0 Å². The van der Waals surface area contributed by atoms with Crippen LogP contribution in [0, 0.1) is 37.0 Å². The molecule has 0 spiro atoms. The number of aromatic amines is 1. The van der Waals surface area contributed by atoms with E-state index in [-0.39, 0.29) is 16.9 Å². The van der Waals surface area contributed by atoms with E-state index in [9.17, 15) is 9.59 Å². The van der Waals surface area contributed by atoms with Crippen LogP contribution in [0.4, 0.5) is 0 Å². The van der Waals surface area contributed by atoms with E-state index in [4.69, 9.17) is 0 Å². The monoisotopic (exact) mass is 392 g/mol. The van der Waals surface area contributed by atoms with Gasteiger partial charge in [0.2, 0.25) is 5.91 Å². The zero-order valence-electron chi connectivity index (χ0n) is 17.1. The van der Waals surface area contributed by atoms with E-state index in [0.717, 1.165) is 36.2 Å². The number of aromatic nitrogens is 2. The van der Waals surface area contributed by atoms with Crippen LogP contribution in [0.15, 0.2) is 34.2 Å². The maximum absolute atomic E-state index is 13.0. The highest BCUT2D eigenvalue weighted by Gasteiger charge is 2.54. The molecular weight excluding hydrogens is 364 g/mol. The molecular formula is C23H28N4O2. The summed E-state index contributed by atoms with van der Waals surface area (Å²) in [5.41, 5.74) is 5.48. The molecule has 0 radical (unpaired) electrons. The Hall–Kier alpha value is -2.63. The molecule has 29 heavy (non-hydrogen) atoms. The van der Waals surface area contributed by atoms with Crippen LogP contribution in [0.2, 0.25) is 0 Å². The van der Waals surface area contributed by atoms with Crippen LogP contribution < -0.4 is 11.0 Å². The summed E-state index contributed by atoms with van der Waals surface area (Å²) < 4.78 is 1.51. The second-order valence-electron chi connectivity index (χ2n) is 9.52. The van der Waals surface area contributed by atoms with E-state index in [1.165, 1.54) is 30.2 Å². The van der Waals surface area contributed by atoms with Crippen LogP contribution in [0.25, 0.3) is 5.69 Å². The largest absolute Gasteiger partial charge is 0.295 e. The number of rotatable bonds is 4. The summed E-state index contributed by atoms with van der Waals surface area (Å²) in [7, 11) is 0. The van der Waals surface area contributed by atoms with E-state index in [0.29, 0.717) is 23.3 Å². The number of carbonyl (C=O) groups is 1. The number of aryl methyl sites for hydroxylation is 2. The lowest BCUT2D eigenvalue weighted by atomic mass is 9.49. The Balaban J connectivity index is 1.33. The van der Waals surface area contributed by atoms with E-state index in [2.05, 4.69) is 15.6 Å². The number of amides is 1. The number of nitrogens with one attached hydrogen (secondary N) is 2. The first-order valence-corrected chi connectivity index (χ1v) is 10.7. The van der Waals surface area contributed by atoms with Crippen LogP contribution in [0.5, 0.6) is 0 Å². The van der Waals surface area contributed by atoms with Gasteiger partial charge in [0, 0.05) is 5.69 Å². The van der Waals surface area contributed by atoms with Crippen molar-refractivity contribution in [2.45, 2.75) is 52.4 Å². The fourth-order valence-electron chi connectivity index (χ4n) is 6.25. The van der Waals surface area contributed by atoms with Gasteiger partial charge < -0.3 is 0 Å². The summed E-state index contributed by atoms with van der Waals surface area (Å²) in [6, 6.07) is 7.75. The third-order valence-electron chi connectivity index (χ3n) is 7.29. The molecule has 4 saturated carbocycles. The van der Waals surface area contributed by atoms with Gasteiger partial charge in [-0.3, -0.25) is 14.7 Å². The Kier molecular flexibility index (Phi) is 4.26.